The highest BCUT2D eigenvalue weighted by Gasteiger charge is 2.14. The molecule has 0 aliphatic rings. The van der Waals surface area contributed by atoms with Crippen LogP contribution in [0.25, 0.3) is 0 Å². The Labute approximate surface area is 69.0 Å². The van der Waals surface area contributed by atoms with E-state index in [1.165, 1.54) is 6.26 Å². The predicted octanol–water partition coefficient (Wildman–Crippen LogP) is 0.336. The van der Waals surface area contributed by atoms with Gasteiger partial charge in [0, 0.05) is 11.6 Å². The van der Waals surface area contributed by atoms with Crippen LogP contribution in [0.4, 0.5) is 5.88 Å². The molecule has 1 rings (SSSR count). The second-order valence-corrected chi connectivity index (χ2v) is 2.44. The second kappa shape index (κ2) is 3.27. The standard InChI is InChI=1S/C7H10N2O3/c8-5(3-6(10)11)4-1-2-12-7(4)9/h1-2,5H,3,8-9H2,(H,10,11)/t5-/m0/s1. The van der Waals surface area contributed by atoms with Crippen molar-refractivity contribution in [3.8, 4) is 0 Å². The number of rotatable bonds is 3. The van der Waals surface area contributed by atoms with Crippen molar-refractivity contribution in [2.75, 3.05) is 5.73 Å². The Kier molecular flexibility index (Phi) is 2.35. The van der Waals surface area contributed by atoms with Gasteiger partial charge >= 0.3 is 5.97 Å². The predicted molar refractivity (Wildman–Crippen MR) is 42.3 cm³/mol. The maximum absolute atomic E-state index is 10.3. The number of anilines is 1. The summed E-state index contributed by atoms with van der Waals surface area (Å²) in [6, 6.07) is 0.976. The molecule has 0 bridgehead atoms. The topological polar surface area (TPSA) is 102 Å². The monoisotopic (exact) mass is 170 g/mol. The molecule has 0 aliphatic heterocycles. The normalized spacial score (nSPS) is 12.8. The van der Waals surface area contributed by atoms with Crippen LogP contribution in [-0.2, 0) is 4.79 Å². The molecule has 0 amide bonds. The number of nitrogens with two attached hydrogens (primary N) is 2. The molecule has 0 radical (unpaired) electrons. The zero-order chi connectivity index (χ0) is 9.14. The molecule has 1 atom stereocenters. The van der Waals surface area contributed by atoms with Gasteiger partial charge in [0.1, 0.15) is 0 Å². The van der Waals surface area contributed by atoms with E-state index >= 15 is 0 Å². The average molecular weight is 170 g/mol. The molecule has 5 nitrogen and oxygen atoms in total. The zero-order valence-corrected chi connectivity index (χ0v) is 6.36. The lowest BCUT2D eigenvalue weighted by atomic mass is 10.1. The molecule has 1 aromatic heterocycles. The van der Waals surface area contributed by atoms with Crippen molar-refractivity contribution >= 4 is 11.9 Å². The number of hydrogen-bond acceptors (Lipinski definition) is 4. The highest BCUT2D eigenvalue weighted by molar-refractivity contribution is 5.68. The Morgan fingerprint density at radius 3 is 2.83 bits per heavy atom. The lowest BCUT2D eigenvalue weighted by Gasteiger charge is -2.05. The van der Waals surface area contributed by atoms with Gasteiger partial charge in [0.2, 0.25) is 0 Å². The molecule has 5 heteroatoms. The summed E-state index contributed by atoms with van der Waals surface area (Å²) < 4.78 is 4.77. The molecule has 1 heterocycles. The summed E-state index contributed by atoms with van der Waals surface area (Å²) in [6.07, 6.45) is 1.23. The van der Waals surface area contributed by atoms with Crippen LogP contribution >= 0.6 is 0 Å². The van der Waals surface area contributed by atoms with Crippen LogP contribution in [0.5, 0.6) is 0 Å². The highest BCUT2D eigenvalue weighted by Crippen LogP contribution is 2.21. The van der Waals surface area contributed by atoms with Crippen molar-refractivity contribution in [3.05, 3.63) is 17.9 Å². The molecule has 66 valence electrons. The molecule has 0 saturated heterocycles. The van der Waals surface area contributed by atoms with Crippen molar-refractivity contribution in [1.29, 1.82) is 0 Å². The van der Waals surface area contributed by atoms with E-state index in [1.807, 2.05) is 0 Å². The smallest absolute Gasteiger partial charge is 0.305 e. The van der Waals surface area contributed by atoms with Crippen molar-refractivity contribution in [2.24, 2.45) is 5.73 Å². The van der Waals surface area contributed by atoms with Crippen molar-refractivity contribution in [1.82, 2.24) is 0 Å². The number of carbonyl (C=O) groups is 1. The van der Waals surface area contributed by atoms with Crippen LogP contribution in [0.3, 0.4) is 0 Å². The van der Waals surface area contributed by atoms with Crippen LogP contribution in [0.2, 0.25) is 0 Å². The van der Waals surface area contributed by atoms with Crippen molar-refractivity contribution < 1.29 is 14.3 Å². The summed E-state index contributed by atoms with van der Waals surface area (Å²) >= 11 is 0. The Morgan fingerprint density at radius 2 is 2.42 bits per heavy atom. The third-order valence-electron chi connectivity index (χ3n) is 1.52. The van der Waals surface area contributed by atoms with Crippen LogP contribution in [0, 0.1) is 0 Å². The maximum Gasteiger partial charge on any atom is 0.305 e. The first-order chi connectivity index (χ1) is 5.61. The van der Waals surface area contributed by atoms with E-state index in [4.69, 9.17) is 21.0 Å². The molecule has 0 spiro atoms. The van der Waals surface area contributed by atoms with E-state index in [9.17, 15) is 4.79 Å². The minimum atomic E-state index is -0.955. The molecule has 0 fully saturated rings. The van der Waals surface area contributed by atoms with E-state index in [-0.39, 0.29) is 12.3 Å². The van der Waals surface area contributed by atoms with Gasteiger partial charge in [-0.15, -0.1) is 0 Å². The van der Waals surface area contributed by atoms with Crippen LogP contribution in [0.1, 0.15) is 18.0 Å². The molecule has 1 aromatic rings. The Bertz CT molecular complexity index is 282. The quantitative estimate of drug-likeness (QED) is 0.606. The van der Waals surface area contributed by atoms with E-state index in [2.05, 4.69) is 0 Å². The van der Waals surface area contributed by atoms with Crippen LogP contribution < -0.4 is 11.5 Å². The lowest BCUT2D eigenvalue weighted by molar-refractivity contribution is -0.137. The molecule has 12 heavy (non-hydrogen) atoms. The summed E-state index contributed by atoms with van der Waals surface area (Å²) in [5.41, 5.74) is 11.4. The average Bonchev–Trinajstić information content (AvgIpc) is 2.33. The van der Waals surface area contributed by atoms with Crippen LogP contribution in [0.15, 0.2) is 16.7 Å². The fraction of sp³-hybridized carbons (Fsp3) is 0.286. The molecule has 0 saturated carbocycles. The number of aliphatic carboxylic acids is 1. The third kappa shape index (κ3) is 1.76. The first-order valence-corrected chi connectivity index (χ1v) is 3.41. The summed E-state index contributed by atoms with van der Waals surface area (Å²) in [5, 5.41) is 8.42. The van der Waals surface area contributed by atoms with Crippen molar-refractivity contribution in [2.45, 2.75) is 12.5 Å². The minimum absolute atomic E-state index is 0.149. The van der Waals surface area contributed by atoms with E-state index in [1.54, 1.807) is 6.07 Å². The summed E-state index contributed by atoms with van der Waals surface area (Å²) in [6.45, 7) is 0. The largest absolute Gasteiger partial charge is 0.481 e. The molecular formula is C7H10N2O3. The molecule has 5 N–H and O–H groups in total. The Hall–Kier alpha value is -1.49. The lowest BCUT2D eigenvalue weighted by Crippen LogP contribution is -2.15. The minimum Gasteiger partial charge on any atom is -0.481 e. The number of carboxylic acid groups (broad SMARTS) is 1. The molecule has 0 aromatic carbocycles. The maximum atomic E-state index is 10.3. The SMILES string of the molecule is Nc1occc1[C@@H](N)CC(=O)O. The van der Waals surface area contributed by atoms with E-state index in [0.29, 0.717) is 5.56 Å². The van der Waals surface area contributed by atoms with Crippen molar-refractivity contribution in [3.63, 3.8) is 0 Å². The zero-order valence-electron chi connectivity index (χ0n) is 6.36. The van der Waals surface area contributed by atoms with Gasteiger partial charge in [-0.25, -0.2) is 0 Å². The fourth-order valence-electron chi connectivity index (χ4n) is 0.935. The van der Waals surface area contributed by atoms with Gasteiger partial charge < -0.3 is 21.0 Å². The van der Waals surface area contributed by atoms with Gasteiger partial charge in [-0.1, -0.05) is 0 Å². The van der Waals surface area contributed by atoms with Gasteiger partial charge in [-0.05, 0) is 6.07 Å². The van der Waals surface area contributed by atoms with Gasteiger partial charge in [0.05, 0.1) is 12.7 Å². The molecule has 0 aliphatic carbocycles. The van der Waals surface area contributed by atoms with E-state index < -0.39 is 12.0 Å². The second-order valence-electron chi connectivity index (χ2n) is 2.44. The Balaban J connectivity index is 2.71. The van der Waals surface area contributed by atoms with Gasteiger partial charge in [0.15, 0.2) is 5.88 Å². The number of carboxylic acids is 1. The van der Waals surface area contributed by atoms with Gasteiger partial charge in [0.25, 0.3) is 0 Å². The van der Waals surface area contributed by atoms with Gasteiger partial charge in [-0.3, -0.25) is 4.79 Å². The summed E-state index contributed by atoms with van der Waals surface area (Å²) in [7, 11) is 0. The number of hydrogen-bond donors (Lipinski definition) is 3. The van der Waals surface area contributed by atoms with Gasteiger partial charge in [-0.2, -0.15) is 0 Å². The van der Waals surface area contributed by atoms with Crippen LogP contribution in [-0.4, -0.2) is 11.1 Å². The number of furan rings is 1. The highest BCUT2D eigenvalue weighted by atomic mass is 16.4. The fourth-order valence-corrected chi connectivity index (χ4v) is 0.935. The first kappa shape index (κ1) is 8.61. The third-order valence-corrected chi connectivity index (χ3v) is 1.52. The number of nitrogen functional groups attached to an aromatic ring is 1. The molecular weight excluding hydrogens is 160 g/mol. The summed E-state index contributed by atoms with van der Waals surface area (Å²) in [5.74, 6) is -0.771. The first-order valence-electron chi connectivity index (χ1n) is 3.41. The van der Waals surface area contributed by atoms with E-state index in [0.717, 1.165) is 0 Å². The molecule has 0 unspecified atom stereocenters. The summed E-state index contributed by atoms with van der Waals surface area (Å²) in [4.78, 5) is 10.3. The Morgan fingerprint density at radius 1 is 1.75 bits per heavy atom.